The van der Waals surface area contributed by atoms with E-state index in [1.54, 1.807) is 0 Å². The average Bonchev–Trinajstić information content (AvgIpc) is 2.38. The fourth-order valence-corrected chi connectivity index (χ4v) is 1.85. The molecule has 0 fully saturated rings. The van der Waals surface area contributed by atoms with Gasteiger partial charge in [0.2, 0.25) is 5.91 Å². The van der Waals surface area contributed by atoms with Gasteiger partial charge in [0.15, 0.2) is 0 Å². The Kier molecular flexibility index (Phi) is 10.9. The van der Waals surface area contributed by atoms with E-state index >= 15 is 0 Å². The van der Waals surface area contributed by atoms with Gasteiger partial charge in [0.25, 0.3) is 0 Å². The van der Waals surface area contributed by atoms with Gasteiger partial charge in [0.05, 0.1) is 0 Å². The summed E-state index contributed by atoms with van der Waals surface area (Å²) < 4.78 is 1.07. The first-order chi connectivity index (χ1) is 8.72. The van der Waals surface area contributed by atoms with Gasteiger partial charge in [0.1, 0.15) is 0 Å². The van der Waals surface area contributed by atoms with Crippen LogP contribution in [0, 0.1) is 0 Å². The molecule has 0 aromatic heterocycles. The maximum absolute atomic E-state index is 11.6. The first-order valence-electron chi connectivity index (χ1n) is 6.44. The summed E-state index contributed by atoms with van der Waals surface area (Å²) in [6.07, 6.45) is 2.47. The second-order valence-corrected chi connectivity index (χ2v) is 5.14. The fourth-order valence-electron chi connectivity index (χ4n) is 1.59. The van der Waals surface area contributed by atoms with Gasteiger partial charge >= 0.3 is 0 Å². The normalized spacial score (nSPS) is 9.79. The Morgan fingerprint density at radius 3 is 2.47 bits per heavy atom. The van der Waals surface area contributed by atoms with Crippen molar-refractivity contribution in [3.63, 3.8) is 0 Å². The van der Waals surface area contributed by atoms with Crippen molar-refractivity contribution in [1.82, 2.24) is 10.6 Å². The number of carbonyl (C=O) groups is 1. The van der Waals surface area contributed by atoms with Gasteiger partial charge in [-0.1, -0.05) is 35.0 Å². The monoisotopic (exact) mass is 348 g/mol. The number of halogens is 2. The van der Waals surface area contributed by atoms with Crippen molar-refractivity contribution >= 4 is 34.2 Å². The Morgan fingerprint density at radius 1 is 1.16 bits per heavy atom. The molecule has 0 bridgehead atoms. The maximum Gasteiger partial charge on any atom is 0.220 e. The molecule has 2 N–H and O–H groups in total. The summed E-state index contributed by atoms with van der Waals surface area (Å²) in [5, 5.41) is 6.16. The van der Waals surface area contributed by atoms with E-state index in [0.29, 0.717) is 13.0 Å². The summed E-state index contributed by atoms with van der Waals surface area (Å²) in [7, 11) is 0. The molecular weight excluding hydrogens is 328 g/mol. The third-order valence-electron chi connectivity index (χ3n) is 2.60. The van der Waals surface area contributed by atoms with Crippen LogP contribution < -0.4 is 10.6 Å². The zero-order valence-corrected chi connectivity index (χ0v) is 13.6. The molecule has 0 radical (unpaired) electrons. The van der Waals surface area contributed by atoms with Crippen molar-refractivity contribution in [2.45, 2.75) is 26.2 Å². The second-order valence-electron chi connectivity index (χ2n) is 4.23. The van der Waals surface area contributed by atoms with Crippen LogP contribution in [0.1, 0.15) is 25.3 Å². The molecule has 0 saturated heterocycles. The van der Waals surface area contributed by atoms with E-state index in [4.69, 9.17) is 0 Å². The lowest BCUT2D eigenvalue weighted by molar-refractivity contribution is -0.121. The molecule has 19 heavy (non-hydrogen) atoms. The molecule has 0 saturated carbocycles. The van der Waals surface area contributed by atoms with Crippen molar-refractivity contribution in [2.24, 2.45) is 0 Å². The van der Waals surface area contributed by atoms with Crippen LogP contribution in [-0.2, 0) is 11.2 Å². The van der Waals surface area contributed by atoms with Gasteiger partial charge in [-0.3, -0.25) is 4.79 Å². The van der Waals surface area contributed by atoms with Gasteiger partial charge < -0.3 is 10.6 Å². The van der Waals surface area contributed by atoms with Crippen LogP contribution in [0.4, 0.5) is 0 Å². The predicted molar refractivity (Wildman–Crippen MR) is 85.9 cm³/mol. The first kappa shape index (κ1) is 18.4. The van der Waals surface area contributed by atoms with E-state index in [2.05, 4.69) is 33.5 Å². The molecule has 0 atom stereocenters. The van der Waals surface area contributed by atoms with E-state index in [-0.39, 0.29) is 18.3 Å². The average molecular weight is 350 g/mol. The second kappa shape index (κ2) is 11.3. The quantitative estimate of drug-likeness (QED) is 0.709. The lowest BCUT2D eigenvalue weighted by Crippen LogP contribution is -2.32. The van der Waals surface area contributed by atoms with Crippen LogP contribution in [0.2, 0.25) is 0 Å². The summed E-state index contributed by atoms with van der Waals surface area (Å²) in [5.74, 6) is 0.121. The highest BCUT2D eigenvalue weighted by atomic mass is 79.9. The maximum atomic E-state index is 11.6. The Balaban J connectivity index is 0.00000324. The molecule has 1 amide bonds. The molecule has 0 unspecified atom stereocenters. The Bertz CT molecular complexity index is 357. The lowest BCUT2D eigenvalue weighted by Gasteiger charge is -2.06. The summed E-state index contributed by atoms with van der Waals surface area (Å²) in [6, 6.07) is 8.09. The minimum Gasteiger partial charge on any atom is -0.355 e. The van der Waals surface area contributed by atoms with Crippen LogP contribution >= 0.6 is 28.3 Å². The third kappa shape index (κ3) is 9.03. The number of benzene rings is 1. The minimum absolute atomic E-state index is 0. The van der Waals surface area contributed by atoms with Crippen molar-refractivity contribution < 1.29 is 4.79 Å². The molecule has 0 aliphatic rings. The van der Waals surface area contributed by atoms with Gasteiger partial charge in [-0.25, -0.2) is 0 Å². The smallest absolute Gasteiger partial charge is 0.220 e. The molecule has 0 aliphatic carbocycles. The van der Waals surface area contributed by atoms with Gasteiger partial charge in [-0.2, -0.15) is 0 Å². The van der Waals surface area contributed by atoms with Gasteiger partial charge in [-0.05, 0) is 37.1 Å². The number of hydrogen-bond donors (Lipinski definition) is 2. The van der Waals surface area contributed by atoms with Crippen LogP contribution in [0.15, 0.2) is 28.7 Å². The molecule has 1 rings (SSSR count). The van der Waals surface area contributed by atoms with E-state index in [1.807, 2.05) is 24.3 Å². The standard InChI is InChI=1S/C14H21BrN2O.ClH/c1-2-9-16-10-11-17-14(18)8-5-12-3-6-13(15)7-4-12;/h3-4,6-7,16H,2,5,8-11H2,1H3,(H,17,18);1H. The van der Waals surface area contributed by atoms with E-state index in [1.165, 1.54) is 5.56 Å². The minimum atomic E-state index is 0. The van der Waals surface area contributed by atoms with E-state index < -0.39 is 0 Å². The topological polar surface area (TPSA) is 41.1 Å². The molecule has 0 spiro atoms. The number of hydrogen-bond acceptors (Lipinski definition) is 2. The molecule has 1 aromatic rings. The molecule has 1 aromatic carbocycles. The summed E-state index contributed by atoms with van der Waals surface area (Å²) in [4.78, 5) is 11.6. The Labute approximate surface area is 130 Å². The number of carbonyl (C=O) groups excluding carboxylic acids is 1. The Hall–Kier alpha value is -0.580. The van der Waals surface area contributed by atoms with Gasteiger partial charge in [0, 0.05) is 24.0 Å². The fraction of sp³-hybridized carbons (Fsp3) is 0.500. The number of amides is 1. The van der Waals surface area contributed by atoms with Gasteiger partial charge in [-0.15, -0.1) is 12.4 Å². The predicted octanol–water partition coefficient (Wildman–Crippen LogP) is 2.92. The SMILES string of the molecule is CCCNCCNC(=O)CCc1ccc(Br)cc1.Cl. The van der Waals surface area contributed by atoms with Crippen molar-refractivity contribution in [3.8, 4) is 0 Å². The molecule has 3 nitrogen and oxygen atoms in total. The van der Waals surface area contributed by atoms with Crippen molar-refractivity contribution in [1.29, 1.82) is 0 Å². The van der Waals surface area contributed by atoms with E-state index in [0.717, 1.165) is 30.4 Å². The molecule has 0 aliphatic heterocycles. The highest BCUT2D eigenvalue weighted by molar-refractivity contribution is 9.10. The number of rotatable bonds is 8. The van der Waals surface area contributed by atoms with Crippen molar-refractivity contribution in [3.05, 3.63) is 34.3 Å². The zero-order chi connectivity index (χ0) is 13.2. The summed E-state index contributed by atoms with van der Waals surface area (Å²) in [6.45, 7) is 4.69. The first-order valence-corrected chi connectivity index (χ1v) is 7.23. The van der Waals surface area contributed by atoms with Crippen LogP contribution in [0.3, 0.4) is 0 Å². The van der Waals surface area contributed by atoms with Crippen LogP contribution in [0.5, 0.6) is 0 Å². The molecule has 5 heteroatoms. The third-order valence-corrected chi connectivity index (χ3v) is 3.13. The molecular formula is C14H22BrClN2O. The lowest BCUT2D eigenvalue weighted by atomic mass is 10.1. The highest BCUT2D eigenvalue weighted by Crippen LogP contribution is 2.11. The van der Waals surface area contributed by atoms with Crippen LogP contribution in [0.25, 0.3) is 0 Å². The summed E-state index contributed by atoms with van der Waals surface area (Å²) >= 11 is 3.39. The van der Waals surface area contributed by atoms with E-state index in [9.17, 15) is 4.79 Å². The van der Waals surface area contributed by atoms with Crippen LogP contribution in [-0.4, -0.2) is 25.5 Å². The largest absolute Gasteiger partial charge is 0.355 e. The zero-order valence-electron chi connectivity index (χ0n) is 11.2. The van der Waals surface area contributed by atoms with Crippen molar-refractivity contribution in [2.75, 3.05) is 19.6 Å². The highest BCUT2D eigenvalue weighted by Gasteiger charge is 2.01. The number of aryl methyl sites for hydroxylation is 1. The molecule has 108 valence electrons. The molecule has 0 heterocycles. The Morgan fingerprint density at radius 2 is 1.84 bits per heavy atom. The summed E-state index contributed by atoms with van der Waals surface area (Å²) in [5.41, 5.74) is 1.19. The number of nitrogens with one attached hydrogen (secondary N) is 2.